The molecule has 7 nitrogen and oxygen atoms in total. The fraction of sp³-hybridized carbons (Fsp3) is 0.440. The zero-order valence-corrected chi connectivity index (χ0v) is 22.4. The first kappa shape index (κ1) is 27.7. The maximum Gasteiger partial charge on any atom is 0.244 e. The van der Waals surface area contributed by atoms with E-state index in [9.17, 15) is 18.0 Å². The molecule has 186 valence electrons. The van der Waals surface area contributed by atoms with Gasteiger partial charge in [0.2, 0.25) is 21.8 Å². The zero-order valence-electron chi connectivity index (χ0n) is 20.8. The molecule has 0 aliphatic heterocycles. The summed E-state index contributed by atoms with van der Waals surface area (Å²) in [6, 6.07) is 11.6. The second kappa shape index (κ2) is 10.8. The minimum atomic E-state index is -3.81. The van der Waals surface area contributed by atoms with Crippen LogP contribution in [0.25, 0.3) is 0 Å². The minimum Gasteiger partial charge on any atom is -0.350 e. The summed E-state index contributed by atoms with van der Waals surface area (Å²) in [7, 11) is -3.81. The number of anilines is 1. The third kappa shape index (κ3) is 7.46. The molecule has 9 heteroatoms. The molecule has 2 amide bonds. The standard InChI is InChI=1S/C25H34ClN3O4S/c1-17-10-8-9-11-20(17)15-28(19(3)24(31)27-25(4,5)6)23(30)16-29(34(7,32)33)21-13-12-18(2)22(26)14-21/h8-14,19H,15-16H2,1-7H3,(H,27,31). The van der Waals surface area contributed by atoms with E-state index in [1.54, 1.807) is 19.1 Å². The number of amides is 2. The van der Waals surface area contributed by atoms with E-state index in [0.717, 1.165) is 27.3 Å². The van der Waals surface area contributed by atoms with Gasteiger partial charge in [-0.3, -0.25) is 13.9 Å². The van der Waals surface area contributed by atoms with Crippen molar-refractivity contribution < 1.29 is 18.0 Å². The molecule has 2 rings (SSSR count). The molecule has 1 unspecified atom stereocenters. The fourth-order valence-electron chi connectivity index (χ4n) is 3.38. The molecule has 2 aromatic rings. The second-order valence-corrected chi connectivity index (χ2v) is 11.9. The van der Waals surface area contributed by atoms with Crippen molar-refractivity contribution in [1.29, 1.82) is 0 Å². The van der Waals surface area contributed by atoms with E-state index < -0.39 is 34.1 Å². The average molecular weight is 508 g/mol. The van der Waals surface area contributed by atoms with Crippen LogP contribution in [0.2, 0.25) is 5.02 Å². The van der Waals surface area contributed by atoms with Crippen molar-refractivity contribution in [2.24, 2.45) is 0 Å². The molecule has 0 aliphatic rings. The first-order chi connectivity index (χ1) is 15.6. The molecule has 1 atom stereocenters. The average Bonchev–Trinajstić information content (AvgIpc) is 2.70. The molecular weight excluding hydrogens is 474 g/mol. The predicted octanol–water partition coefficient (Wildman–Crippen LogP) is 4.05. The molecule has 34 heavy (non-hydrogen) atoms. The molecule has 1 N–H and O–H groups in total. The maximum atomic E-state index is 13.6. The third-order valence-corrected chi connectivity index (χ3v) is 6.94. The summed E-state index contributed by atoms with van der Waals surface area (Å²) in [4.78, 5) is 27.9. The van der Waals surface area contributed by atoms with Gasteiger partial charge in [-0.05, 0) is 70.4 Å². The lowest BCUT2D eigenvalue weighted by molar-refractivity contribution is -0.140. The largest absolute Gasteiger partial charge is 0.350 e. The van der Waals surface area contributed by atoms with E-state index in [4.69, 9.17) is 11.6 Å². The first-order valence-electron chi connectivity index (χ1n) is 11.0. The van der Waals surface area contributed by atoms with Crippen LogP contribution in [0, 0.1) is 13.8 Å². The number of halogens is 1. The molecule has 0 fully saturated rings. The van der Waals surface area contributed by atoms with E-state index in [-0.39, 0.29) is 18.1 Å². The molecule has 0 bridgehead atoms. The van der Waals surface area contributed by atoms with Crippen molar-refractivity contribution in [3.05, 3.63) is 64.2 Å². The van der Waals surface area contributed by atoms with Gasteiger partial charge in [0, 0.05) is 17.1 Å². The van der Waals surface area contributed by atoms with E-state index in [1.807, 2.05) is 58.9 Å². The maximum absolute atomic E-state index is 13.6. The van der Waals surface area contributed by atoms with Gasteiger partial charge in [0.1, 0.15) is 12.6 Å². The van der Waals surface area contributed by atoms with E-state index in [0.29, 0.717) is 5.02 Å². The summed E-state index contributed by atoms with van der Waals surface area (Å²) in [5, 5.41) is 3.30. The van der Waals surface area contributed by atoms with Gasteiger partial charge in [0.05, 0.1) is 11.9 Å². The highest BCUT2D eigenvalue weighted by atomic mass is 35.5. The van der Waals surface area contributed by atoms with Gasteiger partial charge < -0.3 is 10.2 Å². The van der Waals surface area contributed by atoms with Crippen LogP contribution in [0.4, 0.5) is 5.69 Å². The zero-order chi connectivity index (χ0) is 25.8. The highest BCUT2D eigenvalue weighted by Gasteiger charge is 2.31. The monoisotopic (exact) mass is 507 g/mol. The Bertz CT molecular complexity index is 1160. The van der Waals surface area contributed by atoms with Crippen molar-refractivity contribution in [3.63, 3.8) is 0 Å². The number of sulfonamides is 1. The minimum absolute atomic E-state index is 0.163. The molecular formula is C25H34ClN3O4S. The Kier molecular flexibility index (Phi) is 8.77. The van der Waals surface area contributed by atoms with Crippen molar-refractivity contribution in [2.45, 2.75) is 59.7 Å². The first-order valence-corrected chi connectivity index (χ1v) is 13.2. The van der Waals surface area contributed by atoms with Crippen molar-refractivity contribution in [3.8, 4) is 0 Å². The van der Waals surface area contributed by atoms with E-state index in [2.05, 4.69) is 5.32 Å². The molecule has 0 saturated carbocycles. The topological polar surface area (TPSA) is 86.8 Å². The lowest BCUT2D eigenvalue weighted by Gasteiger charge is -2.33. The Labute approximate surface area is 208 Å². The summed E-state index contributed by atoms with van der Waals surface area (Å²) in [5.41, 5.74) is 2.43. The summed E-state index contributed by atoms with van der Waals surface area (Å²) in [6.07, 6.45) is 1.04. The number of rotatable bonds is 8. The lowest BCUT2D eigenvalue weighted by Crippen LogP contribution is -2.54. The van der Waals surface area contributed by atoms with Crippen LogP contribution >= 0.6 is 11.6 Å². The molecule has 0 aromatic heterocycles. The van der Waals surface area contributed by atoms with Gasteiger partial charge >= 0.3 is 0 Å². The Hall–Kier alpha value is -2.58. The Morgan fingerprint density at radius 2 is 1.68 bits per heavy atom. The van der Waals surface area contributed by atoms with E-state index >= 15 is 0 Å². The molecule has 0 radical (unpaired) electrons. The van der Waals surface area contributed by atoms with Gasteiger partial charge in [0.25, 0.3) is 0 Å². The van der Waals surface area contributed by atoms with Crippen LogP contribution in [0.1, 0.15) is 44.4 Å². The number of nitrogens with zero attached hydrogens (tertiary/aromatic N) is 2. The van der Waals surface area contributed by atoms with Crippen LogP contribution in [0.5, 0.6) is 0 Å². The van der Waals surface area contributed by atoms with Crippen LogP contribution in [0.15, 0.2) is 42.5 Å². The SMILES string of the molecule is Cc1ccc(N(CC(=O)N(Cc2ccccc2C)C(C)C(=O)NC(C)(C)C)S(C)(=O)=O)cc1Cl. The Morgan fingerprint density at radius 3 is 2.21 bits per heavy atom. The van der Waals surface area contributed by atoms with Crippen molar-refractivity contribution in [1.82, 2.24) is 10.2 Å². The highest BCUT2D eigenvalue weighted by Crippen LogP contribution is 2.25. The van der Waals surface area contributed by atoms with Gasteiger partial charge in [-0.15, -0.1) is 0 Å². The summed E-state index contributed by atoms with van der Waals surface area (Å²) in [5.74, 6) is -0.819. The molecule has 0 spiro atoms. The third-order valence-electron chi connectivity index (χ3n) is 5.39. The molecule has 0 saturated heterocycles. The molecule has 2 aromatic carbocycles. The van der Waals surface area contributed by atoms with Crippen LogP contribution in [0.3, 0.4) is 0 Å². The summed E-state index contributed by atoms with van der Waals surface area (Å²) < 4.78 is 26.3. The normalized spacial score (nSPS) is 12.7. The van der Waals surface area contributed by atoms with Crippen LogP contribution in [-0.4, -0.2) is 49.5 Å². The predicted molar refractivity (Wildman–Crippen MR) is 137 cm³/mol. The number of hydrogen-bond donors (Lipinski definition) is 1. The number of hydrogen-bond acceptors (Lipinski definition) is 4. The lowest BCUT2D eigenvalue weighted by atomic mass is 10.1. The number of carbonyl (C=O) groups is 2. The Morgan fingerprint density at radius 1 is 1.06 bits per heavy atom. The second-order valence-electron chi connectivity index (χ2n) is 9.57. The van der Waals surface area contributed by atoms with Gasteiger partial charge in [-0.1, -0.05) is 41.9 Å². The molecule has 0 heterocycles. The number of benzene rings is 2. The highest BCUT2D eigenvalue weighted by molar-refractivity contribution is 7.92. The van der Waals surface area contributed by atoms with Crippen molar-refractivity contribution >= 4 is 39.1 Å². The fourth-order valence-corrected chi connectivity index (χ4v) is 4.39. The van der Waals surface area contributed by atoms with Gasteiger partial charge in [-0.25, -0.2) is 8.42 Å². The molecule has 0 aliphatic carbocycles. The van der Waals surface area contributed by atoms with Crippen LogP contribution in [-0.2, 0) is 26.2 Å². The summed E-state index contributed by atoms with van der Waals surface area (Å²) >= 11 is 6.22. The van der Waals surface area contributed by atoms with Gasteiger partial charge in [-0.2, -0.15) is 0 Å². The van der Waals surface area contributed by atoms with Gasteiger partial charge in [0.15, 0.2) is 0 Å². The van der Waals surface area contributed by atoms with E-state index in [1.165, 1.54) is 11.0 Å². The number of carbonyl (C=O) groups excluding carboxylic acids is 2. The van der Waals surface area contributed by atoms with Crippen LogP contribution < -0.4 is 9.62 Å². The smallest absolute Gasteiger partial charge is 0.244 e. The Balaban J connectivity index is 2.44. The van der Waals surface area contributed by atoms with Crippen molar-refractivity contribution in [2.75, 3.05) is 17.1 Å². The number of nitrogens with one attached hydrogen (secondary N) is 1. The quantitative estimate of drug-likeness (QED) is 0.583. The summed E-state index contributed by atoms with van der Waals surface area (Å²) in [6.45, 7) is 10.7. The number of aryl methyl sites for hydroxylation is 2.